The van der Waals surface area contributed by atoms with Gasteiger partial charge in [0.2, 0.25) is 5.78 Å². The lowest BCUT2D eigenvalue weighted by Crippen LogP contribution is -2.15. The van der Waals surface area contributed by atoms with E-state index in [1.54, 1.807) is 0 Å². The van der Waals surface area contributed by atoms with Crippen molar-refractivity contribution in [1.82, 2.24) is 4.98 Å². The predicted molar refractivity (Wildman–Crippen MR) is 109 cm³/mol. The number of H-pyrrole nitrogens is 1. The van der Waals surface area contributed by atoms with Gasteiger partial charge in [0.1, 0.15) is 51.9 Å². The highest BCUT2D eigenvalue weighted by Gasteiger charge is 2.35. The second-order valence-electron chi connectivity index (χ2n) is 7.11. The number of carbonyl (C=O) groups excluding carboxylic acids is 1. The molecule has 192 valence electrons. The fourth-order valence-electron chi connectivity index (χ4n) is 3.43. The molecule has 0 fully saturated rings. The highest BCUT2D eigenvalue weighted by Crippen LogP contribution is 2.40. The number of benzene rings is 2. The molecule has 1 aliphatic rings. The maximum absolute atomic E-state index is 12.9. The highest BCUT2D eigenvalue weighted by molar-refractivity contribution is 7.87. The van der Waals surface area contributed by atoms with Crippen molar-refractivity contribution in [2.24, 2.45) is 4.99 Å². The molecule has 0 spiro atoms. The minimum absolute atomic E-state index is 0.137. The number of rotatable bonds is 5. The number of aromatic amines is 1. The smallest absolute Gasteiger partial charge is 0.217 e. The second kappa shape index (κ2) is 7.63. The van der Waals surface area contributed by atoms with Crippen LogP contribution in [0.1, 0.15) is 16.1 Å². The van der Waals surface area contributed by atoms with E-state index < -0.39 is 105 Å². The van der Waals surface area contributed by atoms with Crippen LogP contribution in [0.25, 0.3) is 10.9 Å². The van der Waals surface area contributed by atoms with Crippen LogP contribution in [-0.2, 0) is 40.5 Å². The number of aromatic hydroxyl groups is 1. The van der Waals surface area contributed by atoms with Gasteiger partial charge in [-0.25, -0.2) is 38.7 Å². The number of hydrogen-bond donors (Lipinski definition) is 2. The summed E-state index contributed by atoms with van der Waals surface area (Å²) >= 11 is 0. The standard InChI is InChI=1S/C16H10N2O14S4/c19-15-7-1-5(33(21,22)23)4-10(36(30,31)32)12(7)18-13(15)14-16(20)11-8(17-14)2-6(34(24,25)26)3-9(11)35(27,28)29/h1-4,18-19H,(H,21,22,23)(H,24,25,26)(H,27,28,29)(H,30,31,32)/p-4. The van der Waals surface area contributed by atoms with E-state index in [4.69, 9.17) is 0 Å². The Morgan fingerprint density at radius 2 is 1.22 bits per heavy atom. The van der Waals surface area contributed by atoms with E-state index in [1.165, 1.54) is 0 Å². The molecule has 2 N–H and O–H groups in total. The van der Waals surface area contributed by atoms with E-state index in [-0.39, 0.29) is 12.1 Å². The first-order valence-electron chi connectivity index (χ1n) is 8.75. The van der Waals surface area contributed by atoms with Gasteiger partial charge in [-0.1, -0.05) is 0 Å². The van der Waals surface area contributed by atoms with Crippen LogP contribution in [0.3, 0.4) is 0 Å². The minimum Gasteiger partial charge on any atom is -0.744 e. The van der Waals surface area contributed by atoms with E-state index in [0.717, 1.165) is 0 Å². The molecule has 0 radical (unpaired) electrons. The average molecular weight is 578 g/mol. The van der Waals surface area contributed by atoms with Crippen LogP contribution in [0.2, 0.25) is 0 Å². The maximum atomic E-state index is 12.9. The van der Waals surface area contributed by atoms with Gasteiger partial charge in [0, 0.05) is 5.39 Å². The quantitative estimate of drug-likeness (QED) is 0.336. The van der Waals surface area contributed by atoms with E-state index in [1.807, 2.05) is 0 Å². The van der Waals surface area contributed by atoms with Gasteiger partial charge in [0.25, 0.3) is 0 Å². The van der Waals surface area contributed by atoms with E-state index in [2.05, 4.69) is 9.98 Å². The summed E-state index contributed by atoms with van der Waals surface area (Å²) in [5.41, 5.74) is -4.30. The number of fused-ring (bicyclic) bond motifs is 2. The number of hydrogen-bond acceptors (Lipinski definition) is 15. The number of aliphatic imine (C=N–C) groups is 1. The number of aromatic nitrogens is 1. The third kappa shape index (κ3) is 4.18. The Kier molecular flexibility index (Phi) is 5.48. The van der Waals surface area contributed by atoms with Gasteiger partial charge in [-0.05, 0) is 24.3 Å². The van der Waals surface area contributed by atoms with Crippen LogP contribution in [0.15, 0.2) is 48.8 Å². The molecular weight excluding hydrogens is 572 g/mol. The maximum Gasteiger partial charge on any atom is 0.217 e. The lowest BCUT2D eigenvalue weighted by atomic mass is 10.1. The second-order valence-corrected chi connectivity index (χ2v) is 12.6. The zero-order valence-electron chi connectivity index (χ0n) is 16.6. The Labute approximate surface area is 200 Å². The predicted octanol–water partition coefficient (Wildman–Crippen LogP) is -1.19. The first kappa shape index (κ1) is 25.8. The van der Waals surface area contributed by atoms with Crippen LogP contribution >= 0.6 is 0 Å². The molecule has 3 aromatic rings. The molecule has 0 bridgehead atoms. The summed E-state index contributed by atoms with van der Waals surface area (Å²) in [5, 5.41) is 9.81. The number of nitrogens with one attached hydrogen (secondary N) is 1. The van der Waals surface area contributed by atoms with Crippen molar-refractivity contribution in [3.8, 4) is 5.75 Å². The van der Waals surface area contributed by atoms with Crippen molar-refractivity contribution in [2.75, 3.05) is 0 Å². The van der Waals surface area contributed by atoms with Gasteiger partial charge in [0.15, 0.2) is 5.75 Å². The summed E-state index contributed by atoms with van der Waals surface area (Å²) in [6.07, 6.45) is 0. The molecule has 16 nitrogen and oxygen atoms in total. The van der Waals surface area contributed by atoms with Crippen LogP contribution in [0.4, 0.5) is 5.69 Å². The molecule has 1 aromatic heterocycles. The van der Waals surface area contributed by atoms with Crippen LogP contribution in [0, 0.1) is 0 Å². The fourth-order valence-corrected chi connectivity index (χ4v) is 6.02. The van der Waals surface area contributed by atoms with Gasteiger partial charge in [0.05, 0.1) is 36.3 Å². The summed E-state index contributed by atoms with van der Waals surface area (Å²) in [6, 6.07) is 1.28. The molecule has 0 saturated carbocycles. The first-order valence-corrected chi connectivity index (χ1v) is 14.4. The van der Waals surface area contributed by atoms with Crippen LogP contribution in [-0.4, -0.2) is 73.5 Å². The van der Waals surface area contributed by atoms with Gasteiger partial charge >= 0.3 is 0 Å². The van der Waals surface area contributed by atoms with Crippen molar-refractivity contribution < 1.29 is 61.8 Å². The monoisotopic (exact) mass is 578 g/mol. The van der Waals surface area contributed by atoms with E-state index in [9.17, 15) is 61.8 Å². The lowest BCUT2D eigenvalue weighted by Gasteiger charge is -2.14. The Hall–Kier alpha value is -3.24. The summed E-state index contributed by atoms with van der Waals surface area (Å²) < 4.78 is 138. The molecule has 2 aromatic carbocycles. The van der Waals surface area contributed by atoms with E-state index >= 15 is 0 Å². The summed E-state index contributed by atoms with van der Waals surface area (Å²) in [5.74, 6) is -2.54. The van der Waals surface area contributed by atoms with Crippen molar-refractivity contribution in [3.63, 3.8) is 0 Å². The average Bonchev–Trinajstić information content (AvgIpc) is 3.21. The van der Waals surface area contributed by atoms with Crippen LogP contribution < -0.4 is 0 Å². The first-order chi connectivity index (χ1) is 16.2. The lowest BCUT2D eigenvalue weighted by molar-refractivity contribution is 0.106. The third-order valence-electron chi connectivity index (χ3n) is 4.90. The van der Waals surface area contributed by atoms with Gasteiger partial charge in [-0.15, -0.1) is 0 Å². The Morgan fingerprint density at radius 1 is 0.722 bits per heavy atom. The zero-order chi connectivity index (χ0) is 27.2. The normalized spacial score (nSPS) is 14.8. The van der Waals surface area contributed by atoms with Gasteiger partial charge in [-0.2, -0.15) is 0 Å². The molecule has 2 heterocycles. The number of nitrogens with zero attached hydrogens (tertiary/aromatic N) is 1. The Bertz CT molecular complexity index is 2000. The van der Waals surface area contributed by atoms with Gasteiger partial charge in [-0.3, -0.25) is 4.79 Å². The number of ketones is 1. The SMILES string of the molecule is O=C1C(c2[nH]c3c(S(=O)(=O)[O-])cc(S(=O)(=O)[O-])cc3c2O)=Nc2cc(S(=O)(=O)[O-])cc(S(=O)(=O)[O-])c21. The number of Topliss-reactive ketones (excluding diaryl/α,β-unsaturated/α-hetero) is 1. The molecule has 0 amide bonds. The molecule has 0 atom stereocenters. The molecule has 4 rings (SSSR count). The summed E-state index contributed by atoms with van der Waals surface area (Å²) in [6.45, 7) is 0. The number of carbonyl (C=O) groups is 1. The molecule has 0 aliphatic carbocycles. The van der Waals surface area contributed by atoms with E-state index in [0.29, 0.717) is 12.1 Å². The molecule has 20 heteroatoms. The molecule has 0 unspecified atom stereocenters. The van der Waals surface area contributed by atoms with Crippen molar-refractivity contribution in [3.05, 3.63) is 35.5 Å². The van der Waals surface area contributed by atoms with Crippen LogP contribution in [0.5, 0.6) is 5.75 Å². The molecule has 1 aliphatic heterocycles. The fraction of sp³-hybridized carbons (Fsp3) is 0. The van der Waals surface area contributed by atoms with Crippen molar-refractivity contribution in [1.29, 1.82) is 0 Å². The zero-order valence-corrected chi connectivity index (χ0v) is 19.9. The molecular formula is C16H6N2O14S4-4. The summed E-state index contributed by atoms with van der Waals surface area (Å²) in [7, 11) is -21.8. The summed E-state index contributed by atoms with van der Waals surface area (Å²) in [4.78, 5) is 13.5. The van der Waals surface area contributed by atoms with Crippen molar-refractivity contribution in [2.45, 2.75) is 19.6 Å². The highest BCUT2D eigenvalue weighted by atomic mass is 32.2. The molecule has 36 heavy (non-hydrogen) atoms. The molecule has 0 saturated heterocycles. The van der Waals surface area contributed by atoms with Crippen molar-refractivity contribution >= 4 is 68.6 Å². The Balaban J connectivity index is 2.06. The topological polar surface area (TPSA) is 294 Å². The van der Waals surface area contributed by atoms with Gasteiger partial charge < -0.3 is 28.3 Å². The third-order valence-corrected chi connectivity index (χ3v) is 8.25. The Morgan fingerprint density at radius 3 is 1.72 bits per heavy atom. The minimum atomic E-state index is -5.57. The largest absolute Gasteiger partial charge is 0.744 e.